The summed E-state index contributed by atoms with van der Waals surface area (Å²) in [6.45, 7) is 3.63. The van der Waals surface area contributed by atoms with Gasteiger partial charge < -0.3 is 9.64 Å². The minimum absolute atomic E-state index is 0.257. The van der Waals surface area contributed by atoms with E-state index < -0.39 is 5.91 Å². The quantitative estimate of drug-likeness (QED) is 0.614. The first-order valence-corrected chi connectivity index (χ1v) is 5.38. The third-order valence-corrected chi connectivity index (χ3v) is 3.18. The van der Waals surface area contributed by atoms with Gasteiger partial charge in [-0.3, -0.25) is 9.59 Å². The summed E-state index contributed by atoms with van der Waals surface area (Å²) in [5.41, 5.74) is 2.08. The molecule has 0 aromatic heterocycles. The van der Waals surface area contributed by atoms with E-state index in [1.165, 1.54) is 19.1 Å². The Labute approximate surface area is 105 Å². The summed E-state index contributed by atoms with van der Waals surface area (Å²) in [6, 6.07) is 1.74. The molecule has 0 spiro atoms. The van der Waals surface area contributed by atoms with Crippen LogP contribution in [0.3, 0.4) is 0 Å². The molecule has 0 saturated heterocycles. The Hall–Kier alpha value is -1.55. The highest BCUT2D eigenvalue weighted by Crippen LogP contribution is 2.37. The van der Waals surface area contributed by atoms with Gasteiger partial charge in [-0.1, -0.05) is 11.6 Å². The molecule has 0 radical (unpaired) electrons. The fourth-order valence-electron chi connectivity index (χ4n) is 1.67. The normalized spacial score (nSPS) is 9.94. The first kappa shape index (κ1) is 13.5. The van der Waals surface area contributed by atoms with Gasteiger partial charge in [0.05, 0.1) is 12.8 Å². The van der Waals surface area contributed by atoms with Crippen molar-refractivity contribution in [1.82, 2.24) is 0 Å². The Morgan fingerprint density at radius 3 is 2.53 bits per heavy atom. The molecule has 0 saturated carbocycles. The number of rotatable bonds is 3. The SMILES string of the molecule is COc1cc(C)c(Cl)c(C)c1N(C)C(=O)C=O. The minimum Gasteiger partial charge on any atom is -0.495 e. The maximum Gasteiger partial charge on any atom is 0.290 e. The van der Waals surface area contributed by atoms with Crippen LogP contribution in [0.4, 0.5) is 5.69 Å². The molecule has 17 heavy (non-hydrogen) atoms. The zero-order chi connectivity index (χ0) is 13.2. The van der Waals surface area contributed by atoms with Crippen molar-refractivity contribution in [1.29, 1.82) is 0 Å². The van der Waals surface area contributed by atoms with Crippen LogP contribution in [0.1, 0.15) is 11.1 Å². The third kappa shape index (κ3) is 2.42. The summed E-state index contributed by atoms with van der Waals surface area (Å²) in [5.74, 6) is -0.131. The zero-order valence-electron chi connectivity index (χ0n) is 10.2. The Kier molecular flexibility index (Phi) is 4.12. The molecule has 1 amide bonds. The van der Waals surface area contributed by atoms with Gasteiger partial charge in [-0.25, -0.2) is 0 Å². The van der Waals surface area contributed by atoms with Gasteiger partial charge in [0.1, 0.15) is 5.75 Å². The van der Waals surface area contributed by atoms with Gasteiger partial charge in [0.2, 0.25) is 6.29 Å². The van der Waals surface area contributed by atoms with E-state index >= 15 is 0 Å². The summed E-state index contributed by atoms with van der Waals surface area (Å²) in [5, 5.41) is 0.561. The number of aryl methyl sites for hydroxylation is 1. The lowest BCUT2D eigenvalue weighted by molar-refractivity contribution is -0.129. The molecule has 0 heterocycles. The van der Waals surface area contributed by atoms with Crippen molar-refractivity contribution in [2.75, 3.05) is 19.1 Å². The Morgan fingerprint density at radius 2 is 2.06 bits per heavy atom. The van der Waals surface area contributed by atoms with Crippen molar-refractivity contribution >= 4 is 29.5 Å². The van der Waals surface area contributed by atoms with Crippen molar-refractivity contribution in [3.63, 3.8) is 0 Å². The number of ether oxygens (including phenoxy) is 1. The van der Waals surface area contributed by atoms with Crippen molar-refractivity contribution in [3.05, 3.63) is 22.2 Å². The Balaban J connectivity index is 3.45. The number of hydrogen-bond donors (Lipinski definition) is 0. The molecule has 92 valence electrons. The van der Waals surface area contributed by atoms with E-state index in [0.29, 0.717) is 22.0 Å². The summed E-state index contributed by atoms with van der Waals surface area (Å²) in [7, 11) is 3.01. The maximum absolute atomic E-state index is 11.4. The van der Waals surface area contributed by atoms with Crippen LogP contribution in [0, 0.1) is 13.8 Å². The van der Waals surface area contributed by atoms with Gasteiger partial charge in [-0.05, 0) is 31.0 Å². The van der Waals surface area contributed by atoms with E-state index in [0.717, 1.165) is 5.56 Å². The molecule has 0 unspecified atom stereocenters. The third-order valence-electron chi connectivity index (χ3n) is 2.60. The van der Waals surface area contributed by atoms with Crippen molar-refractivity contribution in [2.24, 2.45) is 0 Å². The molecular weight excluding hydrogens is 242 g/mol. The Bertz CT molecular complexity index is 471. The largest absolute Gasteiger partial charge is 0.495 e. The molecule has 0 fully saturated rings. The molecule has 0 atom stereocenters. The van der Waals surface area contributed by atoms with Crippen LogP contribution in [0.2, 0.25) is 5.02 Å². The number of anilines is 1. The van der Waals surface area contributed by atoms with E-state index in [1.807, 2.05) is 6.92 Å². The van der Waals surface area contributed by atoms with Crippen LogP contribution < -0.4 is 9.64 Å². The van der Waals surface area contributed by atoms with Crippen LogP contribution in [-0.2, 0) is 9.59 Å². The number of nitrogens with zero attached hydrogens (tertiary/aromatic N) is 1. The number of likely N-dealkylation sites (N-methyl/N-ethyl adjacent to an activating group) is 1. The number of amides is 1. The summed E-state index contributed by atoms with van der Waals surface area (Å²) < 4.78 is 5.21. The van der Waals surface area contributed by atoms with Gasteiger partial charge in [-0.2, -0.15) is 0 Å². The number of methoxy groups -OCH3 is 1. The van der Waals surface area contributed by atoms with E-state index in [2.05, 4.69) is 0 Å². The van der Waals surface area contributed by atoms with E-state index in [-0.39, 0.29) is 6.29 Å². The van der Waals surface area contributed by atoms with Gasteiger partial charge in [-0.15, -0.1) is 0 Å². The molecular formula is C12H14ClNO3. The molecule has 0 aliphatic heterocycles. The van der Waals surface area contributed by atoms with Crippen molar-refractivity contribution < 1.29 is 14.3 Å². The molecule has 1 rings (SSSR count). The van der Waals surface area contributed by atoms with Gasteiger partial charge >= 0.3 is 0 Å². The monoisotopic (exact) mass is 255 g/mol. The predicted molar refractivity (Wildman–Crippen MR) is 67.0 cm³/mol. The maximum atomic E-state index is 11.4. The van der Waals surface area contributed by atoms with Crippen LogP contribution in [0.15, 0.2) is 6.07 Å². The lowest BCUT2D eigenvalue weighted by Crippen LogP contribution is -2.28. The first-order chi connectivity index (χ1) is 7.93. The fraction of sp³-hybridized carbons (Fsp3) is 0.333. The molecule has 1 aromatic carbocycles. The average molecular weight is 256 g/mol. The van der Waals surface area contributed by atoms with Crippen LogP contribution in [-0.4, -0.2) is 26.4 Å². The standard InChI is InChI=1S/C12H14ClNO3/c1-7-5-9(17-4)12(8(2)11(7)13)14(3)10(16)6-15/h5-6H,1-4H3. The topological polar surface area (TPSA) is 46.6 Å². The predicted octanol–water partition coefficient (Wildman–Crippen LogP) is 2.13. The van der Waals surface area contributed by atoms with E-state index in [1.54, 1.807) is 13.0 Å². The molecule has 1 aromatic rings. The zero-order valence-corrected chi connectivity index (χ0v) is 11.0. The van der Waals surface area contributed by atoms with Gasteiger partial charge in [0, 0.05) is 12.1 Å². The molecule has 0 aliphatic rings. The summed E-state index contributed by atoms with van der Waals surface area (Å²) >= 11 is 6.12. The fourth-order valence-corrected chi connectivity index (χ4v) is 1.82. The second-order valence-electron chi connectivity index (χ2n) is 3.70. The smallest absolute Gasteiger partial charge is 0.290 e. The van der Waals surface area contributed by atoms with Gasteiger partial charge in [0.15, 0.2) is 0 Å². The Morgan fingerprint density at radius 1 is 1.47 bits per heavy atom. The molecule has 0 bridgehead atoms. The minimum atomic E-state index is -0.647. The highest BCUT2D eigenvalue weighted by molar-refractivity contribution is 6.34. The highest BCUT2D eigenvalue weighted by atomic mass is 35.5. The molecule has 5 heteroatoms. The molecule has 4 nitrogen and oxygen atoms in total. The number of carbonyl (C=O) groups excluding carboxylic acids is 2. The number of aldehydes is 1. The lowest BCUT2D eigenvalue weighted by Gasteiger charge is -2.21. The van der Waals surface area contributed by atoms with Gasteiger partial charge in [0.25, 0.3) is 5.91 Å². The second-order valence-corrected chi connectivity index (χ2v) is 4.08. The lowest BCUT2D eigenvalue weighted by atomic mass is 10.1. The number of hydrogen-bond acceptors (Lipinski definition) is 3. The van der Waals surface area contributed by atoms with Crippen LogP contribution >= 0.6 is 11.6 Å². The summed E-state index contributed by atoms with van der Waals surface area (Å²) in [6.07, 6.45) is 0.257. The molecule has 0 aliphatic carbocycles. The average Bonchev–Trinajstić information content (AvgIpc) is 2.33. The van der Waals surface area contributed by atoms with E-state index in [4.69, 9.17) is 16.3 Å². The first-order valence-electron chi connectivity index (χ1n) is 5.00. The van der Waals surface area contributed by atoms with Crippen molar-refractivity contribution in [2.45, 2.75) is 13.8 Å². The van der Waals surface area contributed by atoms with E-state index in [9.17, 15) is 9.59 Å². The number of halogens is 1. The second kappa shape index (κ2) is 5.19. The number of carbonyl (C=O) groups is 2. The van der Waals surface area contributed by atoms with Crippen LogP contribution in [0.25, 0.3) is 0 Å². The summed E-state index contributed by atoms with van der Waals surface area (Å²) in [4.78, 5) is 23.1. The number of benzene rings is 1. The highest BCUT2D eigenvalue weighted by Gasteiger charge is 2.20. The van der Waals surface area contributed by atoms with Crippen molar-refractivity contribution in [3.8, 4) is 5.75 Å². The van der Waals surface area contributed by atoms with Crippen LogP contribution in [0.5, 0.6) is 5.75 Å². The molecule has 0 N–H and O–H groups in total.